The first-order valence-electron chi connectivity index (χ1n) is 9.10. The monoisotopic (exact) mass is 389 g/mol. The second-order valence-electron chi connectivity index (χ2n) is 7.21. The van der Waals surface area contributed by atoms with Crippen LogP contribution in [0, 0.1) is 5.92 Å². The molecule has 7 heteroatoms. The third kappa shape index (κ3) is 3.20. The van der Waals surface area contributed by atoms with Crippen LogP contribution >= 0.6 is 0 Å². The zero-order valence-electron chi connectivity index (χ0n) is 14.9. The normalized spacial score (nSPS) is 19.9. The summed E-state index contributed by atoms with van der Waals surface area (Å²) >= 11 is 0. The van der Waals surface area contributed by atoms with Crippen LogP contribution in [0.4, 0.5) is 13.2 Å². The van der Waals surface area contributed by atoms with E-state index in [1.165, 1.54) is 6.07 Å². The number of ketones is 1. The molecule has 146 valence electrons. The van der Waals surface area contributed by atoms with E-state index >= 15 is 0 Å². The fraction of sp³-hybridized carbons (Fsp3) is 0.333. The van der Waals surface area contributed by atoms with Crippen molar-refractivity contribution in [3.05, 3.63) is 59.2 Å². The number of Topliss-reactive ketones (excluding diaryl/α,β-unsaturated/α-hetero) is 1. The van der Waals surface area contributed by atoms with Gasteiger partial charge in [-0.15, -0.1) is 0 Å². The summed E-state index contributed by atoms with van der Waals surface area (Å²) in [7, 11) is 0. The second-order valence-corrected chi connectivity index (χ2v) is 7.21. The lowest BCUT2D eigenvalue weighted by molar-refractivity contribution is -0.259. The van der Waals surface area contributed by atoms with Crippen LogP contribution in [0.3, 0.4) is 0 Å². The molecule has 1 unspecified atom stereocenters. The molecule has 0 bridgehead atoms. The fourth-order valence-electron chi connectivity index (χ4n) is 4.00. The highest BCUT2D eigenvalue weighted by molar-refractivity contribution is 5.97. The number of carbonyl (C=O) groups excluding carboxylic acids is 1. The molecule has 0 radical (unpaired) electrons. The summed E-state index contributed by atoms with van der Waals surface area (Å²) < 4.78 is 40.9. The van der Waals surface area contributed by atoms with E-state index in [1.807, 2.05) is 0 Å². The van der Waals surface area contributed by atoms with E-state index < -0.39 is 24.1 Å². The number of hydrogen-bond donors (Lipinski definition) is 1. The van der Waals surface area contributed by atoms with Gasteiger partial charge in [0, 0.05) is 12.5 Å². The molecule has 0 aromatic heterocycles. The second kappa shape index (κ2) is 6.74. The first kappa shape index (κ1) is 18.7. The topological polar surface area (TPSA) is 57.6 Å². The predicted octanol–water partition coefficient (Wildman–Crippen LogP) is 4.45. The van der Waals surface area contributed by atoms with Crippen LogP contribution in [0.5, 0.6) is 0 Å². The van der Waals surface area contributed by atoms with E-state index in [-0.39, 0.29) is 24.4 Å². The number of carboxylic acids is 1. The van der Waals surface area contributed by atoms with Crippen molar-refractivity contribution in [1.29, 1.82) is 0 Å². The molecule has 4 nitrogen and oxygen atoms in total. The Morgan fingerprint density at radius 3 is 2.32 bits per heavy atom. The molecule has 2 aromatic carbocycles. The third-order valence-corrected chi connectivity index (χ3v) is 5.44. The first-order chi connectivity index (χ1) is 13.3. The molecule has 1 saturated carbocycles. The SMILES string of the molecule is O=C(O)c1ccccc1-c1cccc2c1CCN(C(F)(F)F)C2C(=O)C1CC1. The molecule has 1 aliphatic carbocycles. The standard InChI is InChI=1S/C21H18F3NO3/c22-21(23,24)25-11-10-15-13(14-4-1-2-5-17(14)20(27)28)6-3-7-16(15)18(25)19(26)12-8-9-12/h1-7,12,18H,8-11H2,(H,27,28). The fourth-order valence-corrected chi connectivity index (χ4v) is 4.00. The number of nitrogens with zero attached hydrogens (tertiary/aromatic N) is 1. The van der Waals surface area contributed by atoms with E-state index in [4.69, 9.17) is 0 Å². The van der Waals surface area contributed by atoms with Crippen LogP contribution < -0.4 is 0 Å². The van der Waals surface area contributed by atoms with Gasteiger partial charge in [0.1, 0.15) is 6.04 Å². The van der Waals surface area contributed by atoms with Gasteiger partial charge >= 0.3 is 12.3 Å². The Kier molecular flexibility index (Phi) is 4.50. The maximum absolute atomic E-state index is 13.6. The zero-order valence-corrected chi connectivity index (χ0v) is 14.9. The van der Waals surface area contributed by atoms with Gasteiger partial charge in [0.25, 0.3) is 0 Å². The smallest absolute Gasteiger partial charge is 0.460 e. The number of hydrogen-bond acceptors (Lipinski definition) is 3. The van der Waals surface area contributed by atoms with Crippen molar-refractivity contribution in [3.63, 3.8) is 0 Å². The van der Waals surface area contributed by atoms with Crippen molar-refractivity contribution in [1.82, 2.24) is 4.90 Å². The summed E-state index contributed by atoms with van der Waals surface area (Å²) in [6, 6.07) is 9.91. The van der Waals surface area contributed by atoms with Gasteiger partial charge in [0.05, 0.1) is 5.56 Å². The van der Waals surface area contributed by atoms with E-state index in [0.29, 0.717) is 40.0 Å². The van der Waals surface area contributed by atoms with Crippen molar-refractivity contribution in [2.75, 3.05) is 6.54 Å². The molecule has 0 spiro atoms. The average molecular weight is 389 g/mol. The molecule has 1 heterocycles. The largest absolute Gasteiger partial charge is 0.478 e. The van der Waals surface area contributed by atoms with Gasteiger partial charge in [-0.05, 0) is 47.6 Å². The summed E-state index contributed by atoms with van der Waals surface area (Å²) in [5.41, 5.74) is 2.06. The molecule has 1 atom stereocenters. The molecule has 2 aliphatic rings. The van der Waals surface area contributed by atoms with Crippen LogP contribution in [-0.2, 0) is 11.2 Å². The minimum atomic E-state index is -4.61. The Bertz CT molecular complexity index is 950. The molecule has 0 saturated heterocycles. The van der Waals surface area contributed by atoms with Crippen molar-refractivity contribution < 1.29 is 27.9 Å². The number of alkyl halides is 3. The van der Waals surface area contributed by atoms with Gasteiger partial charge in [-0.1, -0.05) is 36.4 Å². The van der Waals surface area contributed by atoms with Gasteiger partial charge in [-0.25, -0.2) is 4.79 Å². The lowest BCUT2D eigenvalue weighted by Crippen LogP contribution is -2.48. The van der Waals surface area contributed by atoms with Gasteiger partial charge in [0.15, 0.2) is 5.78 Å². The van der Waals surface area contributed by atoms with Gasteiger partial charge in [-0.3, -0.25) is 4.79 Å². The summed E-state index contributed by atoms with van der Waals surface area (Å²) in [5, 5.41) is 9.49. The van der Waals surface area contributed by atoms with E-state index in [2.05, 4.69) is 0 Å². The summed E-state index contributed by atoms with van der Waals surface area (Å²) in [5.74, 6) is -1.83. The molecule has 1 N–H and O–H groups in total. The number of aromatic carboxylic acids is 1. The highest BCUT2D eigenvalue weighted by Crippen LogP contribution is 2.45. The summed E-state index contributed by atoms with van der Waals surface area (Å²) in [4.78, 5) is 24.7. The van der Waals surface area contributed by atoms with E-state index in [0.717, 1.165) is 0 Å². The van der Waals surface area contributed by atoms with Gasteiger partial charge in [0.2, 0.25) is 0 Å². The van der Waals surface area contributed by atoms with Crippen molar-refractivity contribution in [3.8, 4) is 11.1 Å². The lowest BCUT2D eigenvalue weighted by Gasteiger charge is -2.38. The number of carboxylic acid groups (broad SMARTS) is 1. The summed E-state index contributed by atoms with van der Waals surface area (Å²) in [6.45, 7) is -0.328. The third-order valence-electron chi connectivity index (χ3n) is 5.44. The van der Waals surface area contributed by atoms with Crippen molar-refractivity contribution in [2.45, 2.75) is 31.6 Å². The van der Waals surface area contributed by atoms with Crippen molar-refractivity contribution >= 4 is 11.8 Å². The van der Waals surface area contributed by atoms with Crippen LogP contribution in [0.25, 0.3) is 11.1 Å². The van der Waals surface area contributed by atoms with Crippen LogP contribution in [-0.4, -0.2) is 34.6 Å². The van der Waals surface area contributed by atoms with Crippen LogP contribution in [0.2, 0.25) is 0 Å². The Balaban J connectivity index is 1.87. The van der Waals surface area contributed by atoms with Crippen LogP contribution in [0.1, 0.15) is 40.4 Å². The molecule has 0 amide bonds. The van der Waals surface area contributed by atoms with Gasteiger partial charge < -0.3 is 5.11 Å². The Labute approximate surface area is 159 Å². The number of benzene rings is 2. The zero-order chi connectivity index (χ0) is 20.1. The van der Waals surface area contributed by atoms with Gasteiger partial charge in [-0.2, -0.15) is 18.1 Å². The molecule has 2 aromatic rings. The first-order valence-corrected chi connectivity index (χ1v) is 9.10. The quantitative estimate of drug-likeness (QED) is 0.785. The van der Waals surface area contributed by atoms with Crippen LogP contribution in [0.15, 0.2) is 42.5 Å². The number of carbonyl (C=O) groups is 2. The molecular formula is C21H18F3NO3. The maximum Gasteiger partial charge on any atom is 0.460 e. The Morgan fingerprint density at radius 2 is 1.68 bits per heavy atom. The minimum absolute atomic E-state index is 0.0826. The molecule has 1 fully saturated rings. The highest BCUT2D eigenvalue weighted by atomic mass is 19.4. The summed E-state index contributed by atoms with van der Waals surface area (Å²) in [6.07, 6.45) is -3.27. The minimum Gasteiger partial charge on any atom is -0.478 e. The lowest BCUT2D eigenvalue weighted by atomic mass is 9.83. The molecule has 4 rings (SSSR count). The van der Waals surface area contributed by atoms with E-state index in [1.54, 1.807) is 36.4 Å². The molecule has 28 heavy (non-hydrogen) atoms. The van der Waals surface area contributed by atoms with E-state index in [9.17, 15) is 27.9 Å². The average Bonchev–Trinajstić information content (AvgIpc) is 3.50. The molecule has 1 aliphatic heterocycles. The maximum atomic E-state index is 13.6. The Hall–Kier alpha value is -2.67. The number of fused-ring (bicyclic) bond motifs is 1. The van der Waals surface area contributed by atoms with Crippen molar-refractivity contribution in [2.24, 2.45) is 5.92 Å². The predicted molar refractivity (Wildman–Crippen MR) is 95.8 cm³/mol. The Morgan fingerprint density at radius 1 is 1.00 bits per heavy atom. The highest BCUT2D eigenvalue weighted by Gasteiger charge is 2.50. The molecular weight excluding hydrogens is 371 g/mol. The number of halogens is 3. The number of rotatable bonds is 4.